The molecule has 0 bridgehead atoms. The summed E-state index contributed by atoms with van der Waals surface area (Å²) in [6.07, 6.45) is 3.75. The Morgan fingerprint density at radius 1 is 1.33 bits per heavy atom. The van der Waals surface area contributed by atoms with Gasteiger partial charge in [0.2, 0.25) is 6.29 Å². The van der Waals surface area contributed by atoms with Crippen molar-refractivity contribution in [1.82, 2.24) is 10.3 Å². The van der Waals surface area contributed by atoms with Crippen molar-refractivity contribution in [2.75, 3.05) is 13.2 Å². The molecule has 0 saturated carbocycles. The highest BCUT2D eigenvalue weighted by Gasteiger charge is 2.26. The Morgan fingerprint density at radius 3 is 3.00 bits per heavy atom. The zero-order chi connectivity index (χ0) is 16.5. The zero-order valence-electron chi connectivity index (χ0n) is 13.0. The van der Waals surface area contributed by atoms with E-state index < -0.39 is 6.29 Å². The third-order valence-electron chi connectivity index (χ3n) is 4.36. The Bertz CT molecular complexity index is 755. The van der Waals surface area contributed by atoms with E-state index in [2.05, 4.69) is 10.3 Å². The summed E-state index contributed by atoms with van der Waals surface area (Å²) in [7, 11) is 0. The number of ether oxygens (including phenoxy) is 2. The second-order valence-corrected chi connectivity index (χ2v) is 6.96. The third kappa shape index (κ3) is 2.90. The number of carbonyl (C=O) groups excluding carboxylic acids is 1. The molecule has 4 rings (SSSR count). The van der Waals surface area contributed by atoms with E-state index in [9.17, 15) is 9.90 Å². The Morgan fingerprint density at radius 2 is 2.17 bits per heavy atom. The minimum Gasteiger partial charge on any atom is -0.508 e. The Kier molecular flexibility index (Phi) is 4.22. The van der Waals surface area contributed by atoms with Gasteiger partial charge in [-0.25, -0.2) is 4.98 Å². The maximum absolute atomic E-state index is 12.6. The Labute approximate surface area is 143 Å². The molecule has 0 unspecified atom stereocenters. The van der Waals surface area contributed by atoms with Gasteiger partial charge in [-0.1, -0.05) is 12.1 Å². The zero-order valence-corrected chi connectivity index (χ0v) is 13.8. The lowest BCUT2D eigenvalue weighted by molar-refractivity contribution is -0.0442. The monoisotopic (exact) mass is 346 g/mol. The fraction of sp³-hybridized carbons (Fsp3) is 0.412. The number of rotatable bonds is 3. The van der Waals surface area contributed by atoms with Gasteiger partial charge >= 0.3 is 0 Å². The number of phenols is 1. The van der Waals surface area contributed by atoms with Crippen molar-refractivity contribution in [2.45, 2.75) is 31.6 Å². The third-order valence-corrected chi connectivity index (χ3v) is 5.38. The molecule has 1 saturated heterocycles. The van der Waals surface area contributed by atoms with Crippen LogP contribution < -0.4 is 5.32 Å². The number of hydrogen-bond acceptors (Lipinski definition) is 6. The number of aromatic hydroxyl groups is 1. The highest BCUT2D eigenvalue weighted by atomic mass is 32.1. The predicted octanol–water partition coefficient (Wildman–Crippen LogP) is 2.70. The summed E-state index contributed by atoms with van der Waals surface area (Å²) in [6.45, 7) is 1.10. The first-order chi connectivity index (χ1) is 11.7. The molecule has 1 fully saturated rings. The fourth-order valence-electron chi connectivity index (χ4n) is 3.21. The molecule has 1 aliphatic carbocycles. The molecule has 126 valence electrons. The molecule has 0 spiro atoms. The van der Waals surface area contributed by atoms with Crippen molar-refractivity contribution < 1.29 is 19.4 Å². The van der Waals surface area contributed by atoms with E-state index in [0.29, 0.717) is 28.8 Å². The first-order valence-electron chi connectivity index (χ1n) is 8.03. The molecule has 2 aromatic rings. The van der Waals surface area contributed by atoms with E-state index >= 15 is 0 Å². The first-order valence-corrected chi connectivity index (χ1v) is 8.84. The van der Waals surface area contributed by atoms with Gasteiger partial charge in [-0.05, 0) is 36.5 Å². The molecule has 1 atom stereocenters. The molecule has 2 heterocycles. The molecule has 24 heavy (non-hydrogen) atoms. The quantitative estimate of drug-likeness (QED) is 0.893. The molecule has 1 aliphatic heterocycles. The summed E-state index contributed by atoms with van der Waals surface area (Å²) in [5.74, 6) is 0.153. The molecule has 1 aromatic carbocycles. The minimum absolute atomic E-state index is 0.0853. The van der Waals surface area contributed by atoms with E-state index in [0.717, 1.165) is 30.4 Å². The van der Waals surface area contributed by atoms with Crippen LogP contribution in [0.1, 0.15) is 51.0 Å². The van der Waals surface area contributed by atoms with Crippen molar-refractivity contribution in [3.8, 4) is 5.75 Å². The summed E-state index contributed by atoms with van der Waals surface area (Å²) in [6, 6.07) is 5.40. The maximum atomic E-state index is 12.6. The lowest BCUT2D eigenvalue weighted by atomic mass is 9.87. The normalized spacial score (nSPS) is 20.8. The number of benzene rings is 1. The summed E-state index contributed by atoms with van der Waals surface area (Å²) in [5, 5.41) is 13.7. The lowest BCUT2D eigenvalue weighted by Crippen LogP contribution is -2.30. The minimum atomic E-state index is -0.455. The summed E-state index contributed by atoms with van der Waals surface area (Å²) < 4.78 is 10.8. The standard InChI is InChI=1S/C17H18N2O4S/c20-13-6-2-3-10-11(13)4-1-5-12(10)19-15(21)14-9-18-16(24-14)17-22-7-8-23-17/h2-3,6,9,12,17,20H,1,4-5,7-8H2,(H,19,21)/t12-/m0/s1. The van der Waals surface area contributed by atoms with Crippen molar-refractivity contribution in [2.24, 2.45) is 0 Å². The smallest absolute Gasteiger partial charge is 0.263 e. The molecule has 2 aliphatic rings. The molecule has 1 amide bonds. The average Bonchev–Trinajstić information content (AvgIpc) is 3.27. The molecule has 1 aromatic heterocycles. The van der Waals surface area contributed by atoms with Crippen LogP contribution in [-0.4, -0.2) is 29.2 Å². The molecular formula is C17H18N2O4S. The topological polar surface area (TPSA) is 80.7 Å². The Balaban J connectivity index is 1.50. The summed E-state index contributed by atoms with van der Waals surface area (Å²) >= 11 is 1.29. The van der Waals surface area contributed by atoms with Crippen LogP contribution in [0.5, 0.6) is 5.75 Å². The van der Waals surface area contributed by atoms with Gasteiger partial charge in [-0.3, -0.25) is 4.79 Å². The average molecular weight is 346 g/mol. The number of phenolic OH excluding ortho intramolecular Hbond substituents is 1. The van der Waals surface area contributed by atoms with E-state index in [1.54, 1.807) is 12.3 Å². The highest BCUT2D eigenvalue weighted by Crippen LogP contribution is 2.35. The molecule has 0 radical (unpaired) electrons. The van der Waals surface area contributed by atoms with E-state index in [-0.39, 0.29) is 11.9 Å². The number of amides is 1. The number of fused-ring (bicyclic) bond motifs is 1. The van der Waals surface area contributed by atoms with Gasteiger partial charge in [0.1, 0.15) is 15.6 Å². The number of thiazole rings is 1. The van der Waals surface area contributed by atoms with Gasteiger partial charge in [0.15, 0.2) is 0 Å². The van der Waals surface area contributed by atoms with Crippen LogP contribution in [0.2, 0.25) is 0 Å². The number of hydrogen-bond donors (Lipinski definition) is 2. The van der Waals surface area contributed by atoms with Crippen molar-refractivity contribution in [3.05, 3.63) is 45.4 Å². The van der Waals surface area contributed by atoms with Gasteiger partial charge in [0, 0.05) is 0 Å². The Hall–Kier alpha value is -1.96. The maximum Gasteiger partial charge on any atom is 0.263 e. The van der Waals surface area contributed by atoms with Crippen molar-refractivity contribution in [3.63, 3.8) is 0 Å². The van der Waals surface area contributed by atoms with Crippen LogP contribution in [-0.2, 0) is 15.9 Å². The lowest BCUT2D eigenvalue weighted by Gasteiger charge is -2.26. The first kappa shape index (κ1) is 15.6. The molecular weight excluding hydrogens is 328 g/mol. The number of nitrogens with one attached hydrogen (secondary N) is 1. The summed E-state index contributed by atoms with van der Waals surface area (Å²) in [5.41, 5.74) is 1.94. The SMILES string of the molecule is O=C(N[C@H]1CCCc2c(O)cccc21)c1cnc(C2OCCO2)s1. The number of aromatic nitrogens is 1. The highest BCUT2D eigenvalue weighted by molar-refractivity contribution is 7.13. The fourth-order valence-corrected chi connectivity index (χ4v) is 4.03. The number of carbonyl (C=O) groups is 1. The van der Waals surface area contributed by atoms with Gasteiger partial charge in [-0.15, -0.1) is 11.3 Å². The van der Waals surface area contributed by atoms with Crippen molar-refractivity contribution in [1.29, 1.82) is 0 Å². The second-order valence-electron chi connectivity index (χ2n) is 5.90. The van der Waals surface area contributed by atoms with Crippen LogP contribution in [0.3, 0.4) is 0 Å². The van der Waals surface area contributed by atoms with Crippen LogP contribution in [0.25, 0.3) is 0 Å². The van der Waals surface area contributed by atoms with E-state index in [1.165, 1.54) is 11.3 Å². The molecule has 6 nitrogen and oxygen atoms in total. The van der Waals surface area contributed by atoms with E-state index in [4.69, 9.17) is 9.47 Å². The van der Waals surface area contributed by atoms with Crippen LogP contribution in [0.4, 0.5) is 0 Å². The van der Waals surface area contributed by atoms with Crippen LogP contribution in [0.15, 0.2) is 24.4 Å². The van der Waals surface area contributed by atoms with Gasteiger partial charge in [0.05, 0.1) is 25.5 Å². The van der Waals surface area contributed by atoms with Crippen molar-refractivity contribution >= 4 is 17.2 Å². The predicted molar refractivity (Wildman–Crippen MR) is 88.0 cm³/mol. The summed E-state index contributed by atoms with van der Waals surface area (Å²) in [4.78, 5) is 17.3. The van der Waals surface area contributed by atoms with Gasteiger partial charge in [0.25, 0.3) is 5.91 Å². The second kappa shape index (κ2) is 6.51. The van der Waals surface area contributed by atoms with Crippen LogP contribution >= 0.6 is 11.3 Å². The number of nitrogens with zero attached hydrogens (tertiary/aromatic N) is 1. The van der Waals surface area contributed by atoms with E-state index in [1.807, 2.05) is 12.1 Å². The van der Waals surface area contributed by atoms with Gasteiger partial charge < -0.3 is 19.9 Å². The van der Waals surface area contributed by atoms with Gasteiger partial charge in [-0.2, -0.15) is 0 Å². The van der Waals surface area contributed by atoms with Crippen LogP contribution in [0, 0.1) is 0 Å². The molecule has 7 heteroatoms. The molecule has 2 N–H and O–H groups in total. The largest absolute Gasteiger partial charge is 0.508 e.